The lowest BCUT2D eigenvalue weighted by Crippen LogP contribution is -2.37. The van der Waals surface area contributed by atoms with Crippen molar-refractivity contribution in [1.82, 2.24) is 10.0 Å². The lowest BCUT2D eigenvalue weighted by Gasteiger charge is -2.13. The fourth-order valence-corrected chi connectivity index (χ4v) is 2.69. The van der Waals surface area contributed by atoms with Crippen molar-refractivity contribution in [3.8, 4) is 5.75 Å². The molecule has 0 aliphatic carbocycles. The second-order valence-corrected chi connectivity index (χ2v) is 5.87. The largest absolute Gasteiger partial charge is 0.495 e. The van der Waals surface area contributed by atoms with E-state index in [4.69, 9.17) is 4.74 Å². The van der Waals surface area contributed by atoms with Crippen molar-refractivity contribution in [2.24, 2.45) is 0 Å². The molecule has 9 heteroatoms. The SMILES string of the molecule is CNC(C)CNS(=O)(=O)c1ccc([N+](=O)[O-])cc1OC. The molecule has 1 aromatic carbocycles. The Bertz CT molecular complexity index is 588. The number of likely N-dealkylation sites (N-methyl/N-ethyl adjacent to an activating group) is 1. The Labute approximate surface area is 117 Å². The van der Waals surface area contributed by atoms with E-state index in [-0.39, 0.29) is 28.9 Å². The molecule has 0 bridgehead atoms. The minimum atomic E-state index is -3.79. The van der Waals surface area contributed by atoms with Gasteiger partial charge in [-0.1, -0.05) is 0 Å². The van der Waals surface area contributed by atoms with Crippen molar-refractivity contribution >= 4 is 15.7 Å². The molecule has 0 radical (unpaired) electrons. The summed E-state index contributed by atoms with van der Waals surface area (Å²) in [4.78, 5) is 9.91. The number of sulfonamides is 1. The fraction of sp³-hybridized carbons (Fsp3) is 0.455. The number of hydrogen-bond donors (Lipinski definition) is 2. The van der Waals surface area contributed by atoms with Gasteiger partial charge in [-0.25, -0.2) is 13.1 Å². The third kappa shape index (κ3) is 3.89. The van der Waals surface area contributed by atoms with Crippen molar-refractivity contribution in [3.63, 3.8) is 0 Å². The maximum Gasteiger partial charge on any atom is 0.273 e. The monoisotopic (exact) mass is 303 g/mol. The number of nitrogens with zero attached hydrogens (tertiary/aromatic N) is 1. The molecule has 0 saturated carbocycles. The van der Waals surface area contributed by atoms with Crippen LogP contribution in [0.5, 0.6) is 5.75 Å². The zero-order valence-corrected chi connectivity index (χ0v) is 12.2. The van der Waals surface area contributed by atoms with Crippen molar-refractivity contribution in [1.29, 1.82) is 0 Å². The van der Waals surface area contributed by atoms with Gasteiger partial charge in [-0.15, -0.1) is 0 Å². The summed E-state index contributed by atoms with van der Waals surface area (Å²) in [6.07, 6.45) is 0. The Morgan fingerprint density at radius 1 is 1.45 bits per heavy atom. The van der Waals surface area contributed by atoms with Gasteiger partial charge in [0.05, 0.1) is 18.1 Å². The molecule has 0 fully saturated rings. The second kappa shape index (κ2) is 6.64. The van der Waals surface area contributed by atoms with E-state index in [0.717, 1.165) is 18.2 Å². The van der Waals surface area contributed by atoms with Gasteiger partial charge in [-0.2, -0.15) is 0 Å². The van der Waals surface area contributed by atoms with Crippen LogP contribution in [-0.4, -0.2) is 40.1 Å². The van der Waals surface area contributed by atoms with Crippen LogP contribution in [-0.2, 0) is 10.0 Å². The molecule has 0 aromatic heterocycles. The summed E-state index contributed by atoms with van der Waals surface area (Å²) in [7, 11) is -0.816. The number of methoxy groups -OCH3 is 1. The minimum absolute atomic E-state index is 0.0474. The van der Waals surface area contributed by atoms with E-state index < -0.39 is 14.9 Å². The first-order chi connectivity index (χ1) is 9.31. The molecule has 1 unspecified atom stereocenters. The van der Waals surface area contributed by atoms with Crippen LogP contribution in [0, 0.1) is 10.1 Å². The summed E-state index contributed by atoms with van der Waals surface area (Å²) in [6.45, 7) is 2.01. The van der Waals surface area contributed by atoms with Gasteiger partial charge in [0.1, 0.15) is 10.6 Å². The van der Waals surface area contributed by atoms with Crippen molar-refractivity contribution in [2.45, 2.75) is 17.9 Å². The number of nitro benzene ring substituents is 1. The van der Waals surface area contributed by atoms with Gasteiger partial charge >= 0.3 is 0 Å². The molecular formula is C11H17N3O5S. The van der Waals surface area contributed by atoms with Crippen molar-refractivity contribution < 1.29 is 18.1 Å². The zero-order chi connectivity index (χ0) is 15.3. The molecule has 0 heterocycles. The van der Waals surface area contributed by atoms with E-state index in [2.05, 4.69) is 10.0 Å². The van der Waals surface area contributed by atoms with E-state index >= 15 is 0 Å². The van der Waals surface area contributed by atoms with Crippen LogP contribution in [0.3, 0.4) is 0 Å². The predicted molar refractivity (Wildman–Crippen MR) is 73.4 cm³/mol. The topological polar surface area (TPSA) is 111 Å². The standard InChI is InChI=1S/C11H17N3O5S/c1-8(12-2)7-13-20(17,18)11-5-4-9(14(15)16)6-10(11)19-3/h4-6,8,12-13H,7H2,1-3H3. The highest BCUT2D eigenvalue weighted by Crippen LogP contribution is 2.28. The van der Waals surface area contributed by atoms with Crippen LogP contribution in [0.25, 0.3) is 0 Å². The molecule has 20 heavy (non-hydrogen) atoms. The zero-order valence-electron chi connectivity index (χ0n) is 11.4. The van der Waals surface area contributed by atoms with Gasteiger partial charge in [-0.3, -0.25) is 10.1 Å². The Morgan fingerprint density at radius 3 is 2.60 bits per heavy atom. The summed E-state index contributed by atoms with van der Waals surface area (Å²) >= 11 is 0. The Hall–Kier alpha value is -1.71. The van der Waals surface area contributed by atoms with Crippen LogP contribution in [0.4, 0.5) is 5.69 Å². The molecular weight excluding hydrogens is 286 g/mol. The fourth-order valence-electron chi connectivity index (χ4n) is 1.41. The third-order valence-corrected chi connectivity index (χ3v) is 4.18. The van der Waals surface area contributed by atoms with E-state index in [9.17, 15) is 18.5 Å². The Kier molecular flexibility index (Phi) is 5.43. The van der Waals surface area contributed by atoms with Crippen LogP contribution in [0.2, 0.25) is 0 Å². The molecule has 0 spiro atoms. The average Bonchev–Trinajstić information content (AvgIpc) is 2.43. The number of non-ortho nitro benzene ring substituents is 1. The van der Waals surface area contributed by atoms with E-state index in [1.165, 1.54) is 7.11 Å². The lowest BCUT2D eigenvalue weighted by atomic mass is 10.3. The minimum Gasteiger partial charge on any atom is -0.495 e. The molecule has 8 nitrogen and oxygen atoms in total. The smallest absolute Gasteiger partial charge is 0.273 e. The normalized spacial score (nSPS) is 12.9. The van der Waals surface area contributed by atoms with Gasteiger partial charge in [0, 0.05) is 18.7 Å². The maximum atomic E-state index is 12.1. The van der Waals surface area contributed by atoms with Crippen LogP contribution in [0.1, 0.15) is 6.92 Å². The quantitative estimate of drug-likeness (QED) is 0.560. The van der Waals surface area contributed by atoms with Gasteiger partial charge in [0.25, 0.3) is 5.69 Å². The molecule has 1 atom stereocenters. The summed E-state index contributed by atoms with van der Waals surface area (Å²) in [5.74, 6) is -0.0659. The number of hydrogen-bond acceptors (Lipinski definition) is 6. The highest BCUT2D eigenvalue weighted by atomic mass is 32.2. The number of benzene rings is 1. The predicted octanol–water partition coefficient (Wildman–Crippen LogP) is 0.490. The van der Waals surface area contributed by atoms with E-state index in [1.807, 2.05) is 6.92 Å². The van der Waals surface area contributed by atoms with E-state index in [1.54, 1.807) is 7.05 Å². The van der Waals surface area contributed by atoms with Crippen LogP contribution < -0.4 is 14.8 Å². The first-order valence-electron chi connectivity index (χ1n) is 5.81. The number of ether oxygens (including phenoxy) is 1. The molecule has 1 rings (SSSR count). The summed E-state index contributed by atoms with van der Waals surface area (Å²) in [5, 5.41) is 13.6. The van der Waals surface area contributed by atoms with Gasteiger partial charge in [0.15, 0.2) is 0 Å². The maximum absolute atomic E-state index is 12.1. The highest BCUT2D eigenvalue weighted by molar-refractivity contribution is 7.89. The van der Waals surface area contributed by atoms with Gasteiger partial charge in [-0.05, 0) is 20.0 Å². The lowest BCUT2D eigenvalue weighted by molar-refractivity contribution is -0.385. The summed E-state index contributed by atoms with van der Waals surface area (Å²) < 4.78 is 31.6. The second-order valence-electron chi connectivity index (χ2n) is 4.13. The highest BCUT2D eigenvalue weighted by Gasteiger charge is 2.22. The molecule has 112 valence electrons. The molecule has 0 saturated heterocycles. The Balaban J connectivity index is 3.08. The molecule has 2 N–H and O–H groups in total. The number of nitrogens with one attached hydrogen (secondary N) is 2. The van der Waals surface area contributed by atoms with Crippen LogP contribution in [0.15, 0.2) is 23.1 Å². The summed E-state index contributed by atoms with van der Waals surface area (Å²) in [6, 6.07) is 3.31. The Morgan fingerprint density at radius 2 is 2.10 bits per heavy atom. The molecule has 0 amide bonds. The first-order valence-corrected chi connectivity index (χ1v) is 7.29. The van der Waals surface area contributed by atoms with Crippen molar-refractivity contribution in [3.05, 3.63) is 28.3 Å². The van der Waals surface area contributed by atoms with Gasteiger partial charge < -0.3 is 10.1 Å². The molecule has 0 aliphatic heterocycles. The van der Waals surface area contributed by atoms with E-state index in [0.29, 0.717) is 0 Å². The average molecular weight is 303 g/mol. The number of rotatable bonds is 7. The third-order valence-electron chi connectivity index (χ3n) is 2.72. The summed E-state index contributed by atoms with van der Waals surface area (Å²) in [5.41, 5.74) is -0.232. The van der Waals surface area contributed by atoms with Crippen molar-refractivity contribution in [2.75, 3.05) is 20.7 Å². The molecule has 0 aliphatic rings. The van der Waals surface area contributed by atoms with Gasteiger partial charge in [0.2, 0.25) is 10.0 Å². The first kappa shape index (κ1) is 16.3. The van der Waals surface area contributed by atoms with Crippen LogP contribution >= 0.6 is 0 Å². The molecule has 1 aromatic rings. The number of nitro groups is 1.